The first-order valence-corrected chi connectivity index (χ1v) is 22.7. The van der Waals surface area contributed by atoms with E-state index in [1.807, 2.05) is 4.90 Å². The molecule has 0 spiro atoms. The van der Waals surface area contributed by atoms with Crippen molar-refractivity contribution >= 4 is 50.2 Å². The van der Waals surface area contributed by atoms with Gasteiger partial charge in [-0.2, -0.15) is 18.0 Å². The molecule has 3 amide bonds. The van der Waals surface area contributed by atoms with Gasteiger partial charge in [-0.3, -0.25) is 38.7 Å². The maximum atomic E-state index is 16.0. The zero-order chi connectivity index (χ0) is 45.8. The first-order chi connectivity index (χ1) is 30.6. The third-order valence-electron chi connectivity index (χ3n) is 12.3. The zero-order valence-corrected chi connectivity index (χ0v) is 36.4. The number of aromatic nitrogens is 2. The summed E-state index contributed by atoms with van der Waals surface area (Å²) in [6, 6.07) is 12.4. The summed E-state index contributed by atoms with van der Waals surface area (Å²) in [5, 5.41) is 15.3. The van der Waals surface area contributed by atoms with Crippen LogP contribution in [0.5, 0.6) is 11.5 Å². The van der Waals surface area contributed by atoms with Crippen LogP contribution >= 0.6 is 0 Å². The molecular weight excluding hydrogens is 856 g/mol. The zero-order valence-electron chi connectivity index (χ0n) is 35.5. The number of rotatable bonds is 15. The van der Waals surface area contributed by atoms with Crippen LogP contribution in [0.4, 0.5) is 24.5 Å². The van der Waals surface area contributed by atoms with Crippen LogP contribution in [0.1, 0.15) is 75.3 Å². The van der Waals surface area contributed by atoms with Crippen LogP contribution < -0.4 is 25.7 Å². The molecule has 3 aliphatic rings. The Morgan fingerprint density at radius 1 is 1.03 bits per heavy atom. The van der Waals surface area contributed by atoms with Gasteiger partial charge in [-0.05, 0) is 112 Å². The summed E-state index contributed by atoms with van der Waals surface area (Å²) in [5.74, 6) is -2.71. The highest BCUT2D eigenvalue weighted by atomic mass is 32.2. The number of aryl methyl sites for hydroxylation is 1. The summed E-state index contributed by atoms with van der Waals surface area (Å²) in [6.45, 7) is 3.83. The van der Waals surface area contributed by atoms with Crippen molar-refractivity contribution in [3.05, 3.63) is 88.0 Å². The van der Waals surface area contributed by atoms with Gasteiger partial charge in [0.2, 0.25) is 17.7 Å². The Morgan fingerprint density at radius 3 is 2.47 bits per heavy atom. The maximum absolute atomic E-state index is 16.0. The Hall–Kier alpha value is -6.04. The summed E-state index contributed by atoms with van der Waals surface area (Å²) >= 11 is 0. The molecule has 16 nitrogen and oxygen atoms in total. The van der Waals surface area contributed by atoms with E-state index in [4.69, 9.17) is 4.74 Å². The number of imide groups is 1. The van der Waals surface area contributed by atoms with Gasteiger partial charge in [-0.25, -0.2) is 18.2 Å². The predicted octanol–water partition coefficient (Wildman–Crippen LogP) is 5.15. The fourth-order valence-corrected chi connectivity index (χ4v) is 9.31. The van der Waals surface area contributed by atoms with Gasteiger partial charge in [-0.15, -0.1) is 0 Å². The highest BCUT2D eigenvalue weighted by Crippen LogP contribution is 2.36. The lowest BCUT2D eigenvalue weighted by Gasteiger charge is -2.38. The number of fused-ring (bicyclic) bond motifs is 1. The van der Waals surface area contributed by atoms with E-state index in [1.54, 1.807) is 30.0 Å². The van der Waals surface area contributed by atoms with E-state index in [9.17, 15) is 32.9 Å². The number of piperidine rings is 3. The number of likely N-dealkylation sites (tertiary alicyclic amines) is 2. The lowest BCUT2D eigenvalue weighted by Crippen LogP contribution is -2.49. The fourth-order valence-electron chi connectivity index (χ4n) is 8.37. The number of nitrogens with one attached hydrogen (secondary N) is 3. The number of hydrogen-bond donors (Lipinski definition) is 3. The molecule has 7 rings (SSSR count). The number of amides is 3. The largest absolute Gasteiger partial charge is 0.453 e. The second-order valence-corrected chi connectivity index (χ2v) is 18.3. The number of halogens is 3. The monoisotopic (exact) mass is 905 g/mol. The predicted molar refractivity (Wildman–Crippen MR) is 232 cm³/mol. The number of anilines is 2. The minimum Gasteiger partial charge on any atom is -0.453 e. The molecular formula is C44H50F3N9O7S. The normalized spacial score (nSPS) is 18.5. The first kappa shape index (κ1) is 46.0. The van der Waals surface area contributed by atoms with Crippen LogP contribution in [0.25, 0.3) is 10.9 Å². The van der Waals surface area contributed by atoms with E-state index < -0.39 is 50.5 Å². The highest BCUT2D eigenvalue weighted by Gasteiger charge is 2.36. The average molecular weight is 906 g/mol. The maximum Gasteiger partial charge on any atom is 0.301 e. The highest BCUT2D eigenvalue weighted by molar-refractivity contribution is 7.90. The molecule has 1 aromatic heterocycles. The number of nitriles is 1. The summed E-state index contributed by atoms with van der Waals surface area (Å²) in [5.41, 5.74) is -1.20. The summed E-state index contributed by atoms with van der Waals surface area (Å²) < 4.78 is 81.9. The number of carbonyl (C=O) groups is 3. The van der Waals surface area contributed by atoms with Gasteiger partial charge >= 0.3 is 10.2 Å². The second-order valence-electron chi connectivity index (χ2n) is 16.5. The third kappa shape index (κ3) is 10.5. The van der Waals surface area contributed by atoms with Crippen molar-refractivity contribution < 1.29 is 40.7 Å². The molecule has 0 saturated carbocycles. The van der Waals surface area contributed by atoms with Gasteiger partial charge in [0.15, 0.2) is 11.6 Å². The van der Waals surface area contributed by atoms with Crippen molar-refractivity contribution in [3.63, 3.8) is 0 Å². The van der Waals surface area contributed by atoms with Gasteiger partial charge in [-0.1, -0.05) is 13.0 Å². The molecule has 64 heavy (non-hydrogen) atoms. The average Bonchev–Trinajstić information content (AvgIpc) is 3.27. The minimum atomic E-state index is -4.04. The van der Waals surface area contributed by atoms with Crippen molar-refractivity contribution in [2.45, 2.75) is 82.5 Å². The Balaban J connectivity index is 0.880. The molecule has 0 radical (unpaired) electrons. The molecule has 340 valence electrons. The van der Waals surface area contributed by atoms with Crippen molar-refractivity contribution in [2.75, 3.05) is 56.4 Å². The van der Waals surface area contributed by atoms with Crippen LogP contribution in [0.3, 0.4) is 0 Å². The molecule has 20 heteroatoms. The summed E-state index contributed by atoms with van der Waals surface area (Å²) in [6.07, 6.45) is 4.01. The molecule has 0 bridgehead atoms. The van der Waals surface area contributed by atoms with Crippen LogP contribution in [-0.4, -0.2) is 108 Å². The standard InChI is InChI=1S/C44H50F3N9O7S/c1-3-53(2)64(61,62)52-37-10-8-34(45)41(33(37)25-48)63-30-6-9-36-32(24-30)43(60)56(27-49-36)18-4-15-44(47)16-21-55(22-17-44)40(58)26-54-19-13-28(14-20-54)31-7-5-29(23-35(31)46)50-38-11-12-39(57)51-42(38)59/h5-10,23-24,27-28,38,50,52H,3-4,11-22,26H2,1-2H3,(H,51,57,59). The summed E-state index contributed by atoms with van der Waals surface area (Å²) in [7, 11) is -2.70. The molecule has 3 aliphatic heterocycles. The smallest absolute Gasteiger partial charge is 0.301 e. The van der Waals surface area contributed by atoms with Crippen molar-refractivity contribution in [1.82, 2.24) is 29.0 Å². The van der Waals surface area contributed by atoms with Crippen LogP contribution in [-0.2, 0) is 31.1 Å². The number of carbonyl (C=O) groups excluding carboxylic acids is 3. The lowest BCUT2D eigenvalue weighted by atomic mass is 9.88. The van der Waals surface area contributed by atoms with Crippen molar-refractivity contribution in [3.8, 4) is 17.6 Å². The van der Waals surface area contributed by atoms with Gasteiger partial charge in [0.1, 0.15) is 34.9 Å². The first-order valence-electron chi connectivity index (χ1n) is 21.3. The van der Waals surface area contributed by atoms with Gasteiger partial charge < -0.3 is 15.0 Å². The SMILES string of the molecule is CCN(C)S(=O)(=O)Nc1ccc(F)c(Oc2ccc3ncn(CCCC4(F)CCN(C(=O)CN5CCC(c6ccc(NC7CCC(=O)NC7=O)cc6F)CC5)CC4)c(=O)c3c2)c1C#N. The molecule has 3 saturated heterocycles. The fraction of sp³-hybridized carbons (Fsp3) is 0.455. The Bertz CT molecular complexity index is 2640. The number of alkyl halides is 1. The van der Waals surface area contributed by atoms with Gasteiger partial charge in [0.05, 0.1) is 29.5 Å². The number of ether oxygens (including phenoxy) is 1. The third-order valence-corrected chi connectivity index (χ3v) is 13.9. The van der Waals surface area contributed by atoms with Gasteiger partial charge in [0.25, 0.3) is 5.56 Å². The van der Waals surface area contributed by atoms with Crippen LogP contribution in [0, 0.1) is 23.0 Å². The molecule has 3 N–H and O–H groups in total. The lowest BCUT2D eigenvalue weighted by molar-refractivity contribution is -0.136. The van der Waals surface area contributed by atoms with Gasteiger partial charge in [0, 0.05) is 45.3 Å². The van der Waals surface area contributed by atoms with E-state index in [1.165, 1.54) is 42.2 Å². The summed E-state index contributed by atoms with van der Waals surface area (Å²) in [4.78, 5) is 58.4. The molecule has 3 fully saturated rings. The number of hydrogen-bond acceptors (Lipinski definition) is 11. The Labute approximate surface area is 368 Å². The van der Waals surface area contributed by atoms with Crippen molar-refractivity contribution in [1.29, 1.82) is 5.26 Å². The number of nitrogens with zero attached hydrogens (tertiary/aromatic N) is 6. The van der Waals surface area contributed by atoms with E-state index in [0.29, 0.717) is 55.5 Å². The van der Waals surface area contributed by atoms with E-state index >= 15 is 13.2 Å². The number of benzene rings is 3. The molecule has 4 aromatic rings. The van der Waals surface area contributed by atoms with Crippen LogP contribution in [0.2, 0.25) is 0 Å². The molecule has 1 unspecified atom stereocenters. The van der Waals surface area contributed by atoms with E-state index in [-0.39, 0.29) is 98.8 Å². The topological polar surface area (TPSA) is 199 Å². The molecule has 0 aliphatic carbocycles. The molecule has 1 atom stereocenters. The van der Waals surface area contributed by atoms with Crippen molar-refractivity contribution in [2.24, 2.45) is 0 Å². The Morgan fingerprint density at radius 2 is 1.78 bits per heavy atom. The van der Waals surface area contributed by atoms with E-state index in [0.717, 1.165) is 16.4 Å². The minimum absolute atomic E-state index is 0.000621. The van der Waals surface area contributed by atoms with Crippen LogP contribution in [0.15, 0.2) is 59.7 Å². The Kier molecular flexibility index (Phi) is 13.9. The van der Waals surface area contributed by atoms with E-state index in [2.05, 4.69) is 20.3 Å². The quantitative estimate of drug-likeness (QED) is 0.133. The second kappa shape index (κ2) is 19.4. The molecule has 4 heterocycles. The molecule has 3 aromatic carbocycles.